The van der Waals surface area contributed by atoms with Crippen molar-refractivity contribution in [2.45, 2.75) is 18.9 Å². The SMILES string of the molecule is C1=CCCC(CN(C2=COC=CO2)c2nnc(-c3cccnc3NCC3COCCO3)o2)=C1. The Bertz CT molecular complexity index is 1070. The molecule has 2 aliphatic heterocycles. The Kier molecular flexibility index (Phi) is 6.64. The molecule has 1 aliphatic carbocycles. The van der Waals surface area contributed by atoms with Crippen molar-refractivity contribution in [1.29, 1.82) is 0 Å². The van der Waals surface area contributed by atoms with Crippen LogP contribution in [-0.2, 0) is 18.9 Å². The summed E-state index contributed by atoms with van der Waals surface area (Å²) in [6, 6.07) is 4.00. The molecule has 2 aromatic heterocycles. The highest BCUT2D eigenvalue weighted by Crippen LogP contribution is 2.30. The molecule has 0 radical (unpaired) electrons. The second-order valence-electron chi connectivity index (χ2n) is 7.60. The molecule has 0 amide bonds. The van der Waals surface area contributed by atoms with Crippen LogP contribution in [0.5, 0.6) is 0 Å². The number of allylic oxidation sites excluding steroid dienone is 3. The maximum absolute atomic E-state index is 6.08. The number of hydrogen-bond donors (Lipinski definition) is 1. The molecule has 5 rings (SSSR count). The van der Waals surface area contributed by atoms with Crippen LogP contribution in [0.25, 0.3) is 11.5 Å². The average Bonchev–Trinajstić information content (AvgIpc) is 3.38. The summed E-state index contributed by atoms with van der Waals surface area (Å²) in [5.74, 6) is 1.44. The van der Waals surface area contributed by atoms with Gasteiger partial charge in [0.25, 0.3) is 5.89 Å². The van der Waals surface area contributed by atoms with E-state index in [-0.39, 0.29) is 6.10 Å². The molecule has 1 atom stereocenters. The van der Waals surface area contributed by atoms with E-state index in [0.717, 1.165) is 12.8 Å². The van der Waals surface area contributed by atoms with Crippen LogP contribution in [0, 0.1) is 0 Å². The Hall–Kier alpha value is -3.63. The van der Waals surface area contributed by atoms with Crippen molar-refractivity contribution in [3.05, 3.63) is 66.8 Å². The average molecular weight is 451 g/mol. The van der Waals surface area contributed by atoms with E-state index in [1.54, 1.807) is 11.1 Å². The number of rotatable bonds is 8. The number of nitrogens with zero attached hydrogens (tertiary/aromatic N) is 4. The van der Waals surface area contributed by atoms with Gasteiger partial charge in [-0.25, -0.2) is 4.98 Å². The second-order valence-corrected chi connectivity index (χ2v) is 7.60. The van der Waals surface area contributed by atoms with Crippen LogP contribution in [0.4, 0.5) is 11.8 Å². The lowest BCUT2D eigenvalue weighted by molar-refractivity contribution is -0.0819. The Morgan fingerprint density at radius 2 is 2.18 bits per heavy atom. The van der Waals surface area contributed by atoms with E-state index in [0.29, 0.717) is 62.1 Å². The summed E-state index contributed by atoms with van der Waals surface area (Å²) in [6.45, 7) is 2.86. The van der Waals surface area contributed by atoms with Crippen LogP contribution < -0.4 is 10.2 Å². The predicted octanol–water partition coefficient (Wildman–Crippen LogP) is 3.36. The lowest BCUT2D eigenvalue weighted by Crippen LogP contribution is -2.34. The molecule has 172 valence electrons. The molecule has 1 N–H and O–H groups in total. The van der Waals surface area contributed by atoms with E-state index >= 15 is 0 Å². The molecule has 10 heteroatoms. The minimum Gasteiger partial charge on any atom is -0.464 e. The maximum atomic E-state index is 6.08. The first kappa shape index (κ1) is 21.2. The number of ether oxygens (including phenoxy) is 4. The van der Waals surface area contributed by atoms with Crippen LogP contribution >= 0.6 is 0 Å². The number of aromatic nitrogens is 3. The zero-order valence-corrected chi connectivity index (χ0v) is 18.1. The van der Waals surface area contributed by atoms with E-state index in [2.05, 4.69) is 38.7 Å². The summed E-state index contributed by atoms with van der Waals surface area (Å²) >= 11 is 0. The summed E-state index contributed by atoms with van der Waals surface area (Å²) < 4.78 is 28.2. The third kappa shape index (κ3) is 5.24. The third-order valence-electron chi connectivity index (χ3n) is 5.28. The van der Waals surface area contributed by atoms with Gasteiger partial charge in [0.15, 0.2) is 6.26 Å². The van der Waals surface area contributed by atoms with Crippen molar-refractivity contribution in [3.8, 4) is 11.5 Å². The molecule has 1 saturated heterocycles. The predicted molar refractivity (Wildman–Crippen MR) is 120 cm³/mol. The smallest absolute Gasteiger partial charge is 0.325 e. The fourth-order valence-corrected chi connectivity index (χ4v) is 3.63. The number of anilines is 2. The number of hydrogen-bond acceptors (Lipinski definition) is 10. The Morgan fingerprint density at radius 1 is 1.18 bits per heavy atom. The first-order valence-corrected chi connectivity index (χ1v) is 10.9. The lowest BCUT2D eigenvalue weighted by Gasteiger charge is -2.24. The molecule has 10 nitrogen and oxygen atoms in total. The molecule has 0 aromatic carbocycles. The Balaban J connectivity index is 1.37. The van der Waals surface area contributed by atoms with Gasteiger partial charge in [0.2, 0.25) is 5.88 Å². The second kappa shape index (κ2) is 10.3. The molecule has 0 spiro atoms. The van der Waals surface area contributed by atoms with Gasteiger partial charge in [-0.15, -0.1) is 5.10 Å². The minimum atomic E-state index is -0.0383. The van der Waals surface area contributed by atoms with Crippen LogP contribution in [0.3, 0.4) is 0 Å². The van der Waals surface area contributed by atoms with E-state index in [1.807, 2.05) is 12.1 Å². The topological polar surface area (TPSA) is 104 Å². The van der Waals surface area contributed by atoms with Crippen LogP contribution in [0.15, 0.2) is 71.2 Å². The lowest BCUT2D eigenvalue weighted by atomic mass is 10.1. The fourth-order valence-electron chi connectivity index (χ4n) is 3.63. The van der Waals surface area contributed by atoms with Crippen LogP contribution in [0.2, 0.25) is 0 Å². The first-order valence-electron chi connectivity index (χ1n) is 10.9. The van der Waals surface area contributed by atoms with Crippen molar-refractivity contribution < 1.29 is 23.4 Å². The van der Waals surface area contributed by atoms with E-state index in [4.69, 9.17) is 23.4 Å². The van der Waals surface area contributed by atoms with Gasteiger partial charge in [0.05, 0.1) is 38.0 Å². The van der Waals surface area contributed by atoms with Crippen molar-refractivity contribution in [1.82, 2.24) is 15.2 Å². The summed E-state index contributed by atoms with van der Waals surface area (Å²) in [7, 11) is 0. The van der Waals surface area contributed by atoms with Crippen molar-refractivity contribution in [2.24, 2.45) is 0 Å². The van der Waals surface area contributed by atoms with Crippen molar-refractivity contribution in [2.75, 3.05) is 43.1 Å². The maximum Gasteiger partial charge on any atom is 0.325 e. The van der Waals surface area contributed by atoms with Crippen molar-refractivity contribution >= 4 is 11.8 Å². The standard InChI is InChI=1S/C23H25N5O5/c1-2-5-17(6-3-1)14-28(20-16-30-10-12-32-20)23-27-26-22(33-23)19-7-4-8-24-21(19)25-13-18-15-29-9-11-31-18/h1-2,4-5,7-8,10,12,16,18H,3,6,9,11,13-15H2,(H,24,25). The first-order chi connectivity index (χ1) is 16.4. The highest BCUT2D eigenvalue weighted by molar-refractivity contribution is 5.69. The van der Waals surface area contributed by atoms with E-state index < -0.39 is 0 Å². The molecule has 1 fully saturated rings. The zero-order chi connectivity index (χ0) is 22.3. The molecule has 1 unspecified atom stereocenters. The third-order valence-corrected chi connectivity index (χ3v) is 5.28. The van der Waals surface area contributed by atoms with Crippen LogP contribution in [-0.4, -0.2) is 54.2 Å². The molecular formula is C23H25N5O5. The van der Waals surface area contributed by atoms with Gasteiger partial charge in [0, 0.05) is 12.7 Å². The van der Waals surface area contributed by atoms with Gasteiger partial charge in [0.1, 0.15) is 18.3 Å². The zero-order valence-electron chi connectivity index (χ0n) is 18.1. The fraction of sp³-hybridized carbons (Fsp3) is 0.348. The summed E-state index contributed by atoms with van der Waals surface area (Å²) in [5, 5.41) is 11.9. The largest absolute Gasteiger partial charge is 0.464 e. The Labute approximate surface area is 191 Å². The molecule has 2 aromatic rings. The molecule has 3 aliphatic rings. The molecule has 4 heterocycles. The highest BCUT2D eigenvalue weighted by Gasteiger charge is 2.24. The Morgan fingerprint density at radius 3 is 3.00 bits per heavy atom. The number of nitrogens with one attached hydrogen (secondary N) is 1. The summed E-state index contributed by atoms with van der Waals surface area (Å²) in [6.07, 6.45) is 14.3. The normalized spacial score (nSPS) is 19.8. The number of pyridine rings is 1. The minimum absolute atomic E-state index is 0.0383. The van der Waals surface area contributed by atoms with Gasteiger partial charge in [-0.3, -0.25) is 4.90 Å². The van der Waals surface area contributed by atoms with Gasteiger partial charge in [-0.05, 0) is 30.5 Å². The van der Waals surface area contributed by atoms with E-state index in [1.165, 1.54) is 24.4 Å². The van der Waals surface area contributed by atoms with Gasteiger partial charge in [-0.1, -0.05) is 23.3 Å². The molecule has 33 heavy (non-hydrogen) atoms. The molecule has 0 bridgehead atoms. The molecule has 0 saturated carbocycles. The van der Waals surface area contributed by atoms with Gasteiger partial charge >= 0.3 is 6.01 Å². The van der Waals surface area contributed by atoms with Gasteiger partial charge in [-0.2, -0.15) is 0 Å². The quantitative estimate of drug-likeness (QED) is 0.642. The monoisotopic (exact) mass is 451 g/mol. The van der Waals surface area contributed by atoms with Gasteiger partial charge < -0.3 is 28.7 Å². The highest BCUT2D eigenvalue weighted by atomic mass is 16.6. The van der Waals surface area contributed by atoms with Crippen molar-refractivity contribution in [3.63, 3.8) is 0 Å². The summed E-state index contributed by atoms with van der Waals surface area (Å²) in [5.41, 5.74) is 1.91. The molecular weight excluding hydrogens is 426 g/mol. The van der Waals surface area contributed by atoms with E-state index in [9.17, 15) is 0 Å². The summed E-state index contributed by atoms with van der Waals surface area (Å²) in [4.78, 5) is 6.24. The van der Waals surface area contributed by atoms with Crippen LogP contribution in [0.1, 0.15) is 12.8 Å².